The molecule has 0 aliphatic carbocycles. The molecule has 0 radical (unpaired) electrons. The van der Waals surface area contributed by atoms with Crippen LogP contribution in [0.2, 0.25) is 0 Å². The Hall–Kier alpha value is -1.93. The Labute approximate surface area is 97.5 Å². The van der Waals surface area contributed by atoms with Crippen molar-refractivity contribution in [2.24, 2.45) is 0 Å². The molecule has 0 aromatic carbocycles. The second kappa shape index (κ2) is 4.52. The molecular formula is C9H8N4O3S. The van der Waals surface area contributed by atoms with E-state index in [1.54, 1.807) is 24.5 Å². The van der Waals surface area contributed by atoms with Gasteiger partial charge in [0, 0.05) is 24.0 Å². The van der Waals surface area contributed by atoms with Gasteiger partial charge in [-0.1, -0.05) is 4.68 Å². The number of hydrogen-bond acceptors (Lipinski definition) is 6. The summed E-state index contributed by atoms with van der Waals surface area (Å²) in [5, 5.41) is 3.80. The Morgan fingerprint density at radius 1 is 1.29 bits per heavy atom. The summed E-state index contributed by atoms with van der Waals surface area (Å²) in [4.78, 5) is 8.03. The highest BCUT2D eigenvalue weighted by Crippen LogP contribution is 2.09. The molecule has 0 saturated carbocycles. The standard InChI is InChI=1S/C9H8N4O3S/c14-17(15,16)7-13-5-2-8(6-12-13)9-10-3-1-4-11-9/h1-6H,7H2. The molecule has 0 atom stereocenters. The van der Waals surface area contributed by atoms with E-state index in [2.05, 4.69) is 15.1 Å². The Bertz CT molecular complexity index is 598. The van der Waals surface area contributed by atoms with E-state index >= 15 is 0 Å². The number of hydrogen-bond donors (Lipinski definition) is 0. The minimum atomic E-state index is -4.34. The zero-order chi connectivity index (χ0) is 12.3. The predicted octanol–water partition coefficient (Wildman–Crippen LogP) is -0.671. The molecule has 0 N–H and O–H groups in total. The molecule has 0 saturated heterocycles. The second-order valence-electron chi connectivity index (χ2n) is 3.21. The SMILES string of the molecule is O=S(=O)([O-])C[n+]1ccc(-c2ncccn2)cn1. The van der Waals surface area contributed by atoms with Gasteiger partial charge in [0.2, 0.25) is 0 Å². The van der Waals surface area contributed by atoms with Crippen LogP contribution in [0.4, 0.5) is 0 Å². The van der Waals surface area contributed by atoms with Gasteiger partial charge in [-0.25, -0.2) is 18.4 Å². The zero-order valence-corrected chi connectivity index (χ0v) is 9.41. The van der Waals surface area contributed by atoms with E-state index in [1.165, 1.54) is 12.4 Å². The first-order valence-electron chi connectivity index (χ1n) is 4.61. The van der Waals surface area contributed by atoms with E-state index in [1.807, 2.05) is 0 Å². The van der Waals surface area contributed by atoms with Gasteiger partial charge in [0.05, 0.1) is 0 Å². The molecule has 88 valence electrons. The average Bonchev–Trinajstić information content (AvgIpc) is 2.29. The molecule has 0 spiro atoms. The maximum Gasteiger partial charge on any atom is 0.262 e. The number of rotatable bonds is 3. The van der Waals surface area contributed by atoms with Crippen LogP contribution in [0.25, 0.3) is 11.4 Å². The molecule has 0 bridgehead atoms. The third-order valence-corrected chi connectivity index (χ3v) is 2.47. The summed E-state index contributed by atoms with van der Waals surface area (Å²) in [6.45, 7) is 0. The molecule has 0 fully saturated rings. The van der Waals surface area contributed by atoms with Crippen molar-refractivity contribution in [3.8, 4) is 11.4 Å². The first kappa shape index (κ1) is 11.6. The smallest absolute Gasteiger partial charge is 0.262 e. The Morgan fingerprint density at radius 2 is 2.00 bits per heavy atom. The van der Waals surface area contributed by atoms with Gasteiger partial charge >= 0.3 is 0 Å². The minimum Gasteiger partial charge on any atom is -0.743 e. The predicted molar refractivity (Wildman–Crippen MR) is 55.2 cm³/mol. The van der Waals surface area contributed by atoms with Gasteiger partial charge in [0.25, 0.3) is 5.88 Å². The first-order chi connectivity index (χ1) is 8.04. The zero-order valence-electron chi connectivity index (χ0n) is 8.59. The van der Waals surface area contributed by atoms with Crippen molar-refractivity contribution >= 4 is 10.1 Å². The van der Waals surface area contributed by atoms with E-state index in [0.717, 1.165) is 4.68 Å². The third kappa shape index (κ3) is 3.26. The minimum absolute atomic E-state index is 0.483. The maximum absolute atomic E-state index is 10.5. The number of nitrogens with zero attached hydrogens (tertiary/aromatic N) is 4. The first-order valence-corrected chi connectivity index (χ1v) is 6.19. The molecule has 0 unspecified atom stereocenters. The van der Waals surface area contributed by atoms with Gasteiger partial charge in [-0.15, -0.1) is 0 Å². The van der Waals surface area contributed by atoms with Crippen LogP contribution in [-0.2, 0) is 16.0 Å². The molecule has 7 nitrogen and oxygen atoms in total. The largest absolute Gasteiger partial charge is 0.743 e. The Kier molecular flexibility index (Phi) is 3.07. The van der Waals surface area contributed by atoms with Crippen LogP contribution < -0.4 is 4.68 Å². The molecular weight excluding hydrogens is 244 g/mol. The summed E-state index contributed by atoms with van der Waals surface area (Å²) in [6, 6.07) is 3.28. The highest BCUT2D eigenvalue weighted by molar-refractivity contribution is 7.84. The lowest BCUT2D eigenvalue weighted by Gasteiger charge is -2.01. The van der Waals surface area contributed by atoms with E-state index in [4.69, 9.17) is 0 Å². The van der Waals surface area contributed by atoms with Crippen LogP contribution in [0, 0.1) is 0 Å². The lowest BCUT2D eigenvalue weighted by molar-refractivity contribution is -0.736. The van der Waals surface area contributed by atoms with Gasteiger partial charge in [-0.2, -0.15) is 0 Å². The van der Waals surface area contributed by atoms with E-state index < -0.39 is 16.0 Å². The Balaban J connectivity index is 2.25. The molecule has 2 aromatic rings. The van der Waals surface area contributed by atoms with Gasteiger partial charge in [-0.05, 0) is 11.2 Å². The molecule has 2 rings (SSSR count). The van der Waals surface area contributed by atoms with Crippen LogP contribution in [0.3, 0.4) is 0 Å². The van der Waals surface area contributed by atoms with Crippen molar-refractivity contribution in [3.63, 3.8) is 0 Å². The topological polar surface area (TPSA) is 99.8 Å². The van der Waals surface area contributed by atoms with Crippen molar-refractivity contribution in [3.05, 3.63) is 36.9 Å². The van der Waals surface area contributed by atoms with E-state index in [-0.39, 0.29) is 0 Å². The van der Waals surface area contributed by atoms with Crippen LogP contribution in [0.5, 0.6) is 0 Å². The second-order valence-corrected chi connectivity index (χ2v) is 4.59. The van der Waals surface area contributed by atoms with Crippen molar-refractivity contribution in [1.82, 2.24) is 15.1 Å². The lowest BCUT2D eigenvalue weighted by atomic mass is 10.3. The summed E-state index contributed by atoms with van der Waals surface area (Å²) in [6.07, 6.45) is 5.97. The summed E-state index contributed by atoms with van der Waals surface area (Å²) in [5.74, 6) is -0.208. The summed E-state index contributed by atoms with van der Waals surface area (Å²) in [5.41, 5.74) is 0.644. The van der Waals surface area contributed by atoms with E-state index in [0.29, 0.717) is 11.4 Å². The molecule has 8 heteroatoms. The summed E-state index contributed by atoms with van der Waals surface area (Å²) >= 11 is 0. The normalized spacial score (nSPS) is 11.4. The lowest BCUT2D eigenvalue weighted by Crippen LogP contribution is -2.40. The van der Waals surface area contributed by atoms with Crippen LogP contribution in [0.15, 0.2) is 36.9 Å². The third-order valence-electron chi connectivity index (χ3n) is 1.89. The molecule has 2 aromatic heterocycles. The Morgan fingerprint density at radius 3 is 2.53 bits per heavy atom. The van der Waals surface area contributed by atoms with Crippen molar-refractivity contribution < 1.29 is 17.7 Å². The van der Waals surface area contributed by atoms with Crippen molar-refractivity contribution in [2.45, 2.75) is 5.88 Å². The summed E-state index contributed by atoms with van der Waals surface area (Å²) < 4.78 is 32.6. The molecule has 0 amide bonds. The van der Waals surface area contributed by atoms with E-state index in [9.17, 15) is 13.0 Å². The summed E-state index contributed by atoms with van der Waals surface area (Å²) in [7, 11) is -4.34. The average molecular weight is 252 g/mol. The monoisotopic (exact) mass is 252 g/mol. The fraction of sp³-hybridized carbons (Fsp3) is 0.111. The molecule has 2 heterocycles. The van der Waals surface area contributed by atoms with Gasteiger partial charge in [-0.3, -0.25) is 0 Å². The maximum atomic E-state index is 10.5. The molecule has 17 heavy (non-hydrogen) atoms. The van der Waals surface area contributed by atoms with Crippen molar-refractivity contribution in [1.29, 1.82) is 0 Å². The quantitative estimate of drug-likeness (QED) is 0.530. The highest BCUT2D eigenvalue weighted by Gasteiger charge is 2.09. The van der Waals surface area contributed by atoms with Gasteiger partial charge in [0.1, 0.15) is 6.20 Å². The van der Waals surface area contributed by atoms with Crippen LogP contribution in [0.1, 0.15) is 0 Å². The molecule has 0 aliphatic rings. The van der Waals surface area contributed by atoms with Crippen LogP contribution >= 0.6 is 0 Å². The van der Waals surface area contributed by atoms with Gasteiger partial charge in [0.15, 0.2) is 22.1 Å². The fourth-order valence-corrected chi connectivity index (χ4v) is 1.68. The van der Waals surface area contributed by atoms with Gasteiger partial charge < -0.3 is 4.55 Å². The highest BCUT2D eigenvalue weighted by atomic mass is 32.2. The fourth-order valence-electron chi connectivity index (χ4n) is 1.20. The van der Waals surface area contributed by atoms with Crippen molar-refractivity contribution in [2.75, 3.05) is 0 Å². The number of aromatic nitrogens is 4. The van der Waals surface area contributed by atoms with Crippen LogP contribution in [-0.4, -0.2) is 28.0 Å². The molecule has 0 aliphatic heterocycles.